The molecule has 1 aromatic heterocycles. The van der Waals surface area contributed by atoms with Gasteiger partial charge in [0.2, 0.25) is 5.91 Å². The second-order valence-corrected chi connectivity index (χ2v) is 6.87. The molecule has 1 aliphatic carbocycles. The lowest BCUT2D eigenvalue weighted by atomic mass is 9.84. The van der Waals surface area contributed by atoms with Gasteiger partial charge in [0.1, 0.15) is 6.04 Å². The molecule has 110 valence electrons. The van der Waals surface area contributed by atoms with Gasteiger partial charge in [-0.2, -0.15) is 0 Å². The first kappa shape index (κ1) is 15.0. The van der Waals surface area contributed by atoms with Crippen molar-refractivity contribution >= 4 is 23.2 Å². The van der Waals surface area contributed by atoms with Crippen molar-refractivity contribution in [3.05, 3.63) is 21.9 Å². The fourth-order valence-electron chi connectivity index (χ4n) is 2.79. The number of thiophene rings is 1. The van der Waals surface area contributed by atoms with E-state index in [0.717, 1.165) is 17.7 Å². The summed E-state index contributed by atoms with van der Waals surface area (Å²) < 4.78 is 0. The summed E-state index contributed by atoms with van der Waals surface area (Å²) >= 11 is 1.43. The minimum atomic E-state index is -0.548. The highest BCUT2D eigenvalue weighted by atomic mass is 32.1. The van der Waals surface area contributed by atoms with Gasteiger partial charge in [0.15, 0.2) is 0 Å². The Labute approximate surface area is 123 Å². The molecule has 0 aromatic carbocycles. The van der Waals surface area contributed by atoms with E-state index in [1.807, 2.05) is 13.0 Å². The smallest absolute Gasteiger partial charge is 0.262 e. The fourth-order valence-corrected chi connectivity index (χ4v) is 3.56. The summed E-state index contributed by atoms with van der Waals surface area (Å²) in [6, 6.07) is 3.14. The minimum absolute atomic E-state index is 0.192. The molecule has 1 aromatic rings. The molecule has 4 nitrogen and oxygen atoms in total. The fraction of sp³-hybridized carbons (Fsp3) is 0.600. The Balaban J connectivity index is 1.94. The van der Waals surface area contributed by atoms with Crippen LogP contribution in [0.15, 0.2) is 12.1 Å². The first-order valence-electron chi connectivity index (χ1n) is 7.23. The Morgan fingerprint density at radius 3 is 2.60 bits per heavy atom. The van der Waals surface area contributed by atoms with Crippen molar-refractivity contribution in [1.82, 2.24) is 5.32 Å². The van der Waals surface area contributed by atoms with E-state index in [4.69, 9.17) is 5.73 Å². The Bertz CT molecular complexity index is 478. The predicted molar refractivity (Wildman–Crippen MR) is 80.7 cm³/mol. The Hall–Kier alpha value is -1.36. The van der Waals surface area contributed by atoms with E-state index in [2.05, 4.69) is 5.32 Å². The molecule has 1 fully saturated rings. The van der Waals surface area contributed by atoms with Crippen molar-refractivity contribution in [2.45, 2.75) is 51.5 Å². The predicted octanol–water partition coefficient (Wildman–Crippen LogP) is 2.61. The van der Waals surface area contributed by atoms with Crippen molar-refractivity contribution in [2.24, 2.45) is 11.7 Å². The summed E-state index contributed by atoms with van der Waals surface area (Å²) in [7, 11) is 0. The van der Waals surface area contributed by atoms with Crippen molar-refractivity contribution in [1.29, 1.82) is 0 Å². The van der Waals surface area contributed by atoms with Crippen LogP contribution in [0.1, 0.15) is 53.1 Å². The molecule has 2 amide bonds. The van der Waals surface area contributed by atoms with Crippen LogP contribution in [0.3, 0.4) is 0 Å². The van der Waals surface area contributed by atoms with Gasteiger partial charge in [-0.1, -0.05) is 32.1 Å². The van der Waals surface area contributed by atoms with E-state index in [-0.39, 0.29) is 5.91 Å². The molecule has 1 aliphatic rings. The largest absolute Gasteiger partial charge is 0.368 e. The quantitative estimate of drug-likeness (QED) is 0.876. The van der Waals surface area contributed by atoms with Crippen LogP contribution in [0.2, 0.25) is 0 Å². The van der Waals surface area contributed by atoms with E-state index in [9.17, 15) is 9.59 Å². The van der Waals surface area contributed by atoms with E-state index in [1.54, 1.807) is 6.07 Å². The average Bonchev–Trinajstić information content (AvgIpc) is 2.86. The maximum absolute atomic E-state index is 12.1. The number of nitrogens with one attached hydrogen (secondary N) is 1. The van der Waals surface area contributed by atoms with Crippen molar-refractivity contribution in [3.8, 4) is 0 Å². The summed E-state index contributed by atoms with van der Waals surface area (Å²) in [4.78, 5) is 25.4. The van der Waals surface area contributed by atoms with Crippen molar-refractivity contribution in [3.63, 3.8) is 0 Å². The molecule has 0 unspecified atom stereocenters. The second-order valence-electron chi connectivity index (χ2n) is 5.58. The summed E-state index contributed by atoms with van der Waals surface area (Å²) in [5.74, 6) is -0.119. The standard InChI is InChI=1S/C15H22N2O2S/c1-10-7-8-13(20-10)15(19)17-12(14(16)18)9-11-5-3-2-4-6-11/h7-8,11-12H,2-6,9H2,1H3,(H2,16,18)(H,17,19)/t12-/m0/s1. The van der Waals surface area contributed by atoms with Crippen LogP contribution < -0.4 is 11.1 Å². The molecule has 0 spiro atoms. The zero-order valence-electron chi connectivity index (χ0n) is 11.9. The molecule has 3 N–H and O–H groups in total. The second kappa shape index (κ2) is 6.88. The Morgan fingerprint density at radius 2 is 2.05 bits per heavy atom. The number of nitrogens with two attached hydrogens (primary N) is 1. The van der Waals surface area contributed by atoms with Crippen molar-refractivity contribution in [2.75, 3.05) is 0 Å². The van der Waals surface area contributed by atoms with Crippen LogP contribution >= 0.6 is 11.3 Å². The number of hydrogen-bond acceptors (Lipinski definition) is 3. The van der Waals surface area contributed by atoms with E-state index >= 15 is 0 Å². The maximum atomic E-state index is 12.1. The number of carbonyl (C=O) groups is 2. The van der Waals surface area contributed by atoms with Gasteiger partial charge < -0.3 is 11.1 Å². The van der Waals surface area contributed by atoms with Gasteiger partial charge in [-0.3, -0.25) is 9.59 Å². The van der Waals surface area contributed by atoms with Crippen LogP contribution in [0.25, 0.3) is 0 Å². The van der Waals surface area contributed by atoms with Gasteiger partial charge in [-0.05, 0) is 31.4 Å². The molecule has 1 saturated carbocycles. The van der Waals surface area contributed by atoms with Gasteiger partial charge in [0.25, 0.3) is 5.91 Å². The number of amides is 2. The molecular weight excluding hydrogens is 272 g/mol. The zero-order valence-corrected chi connectivity index (χ0v) is 12.7. The third-order valence-corrected chi connectivity index (χ3v) is 4.91. The number of hydrogen-bond donors (Lipinski definition) is 2. The van der Waals surface area contributed by atoms with E-state index < -0.39 is 11.9 Å². The van der Waals surface area contributed by atoms with Crippen LogP contribution in [-0.2, 0) is 4.79 Å². The molecule has 0 saturated heterocycles. The maximum Gasteiger partial charge on any atom is 0.262 e. The lowest BCUT2D eigenvalue weighted by molar-refractivity contribution is -0.120. The van der Waals surface area contributed by atoms with Gasteiger partial charge in [0, 0.05) is 4.88 Å². The third-order valence-electron chi connectivity index (χ3n) is 3.91. The molecule has 1 heterocycles. The topological polar surface area (TPSA) is 72.2 Å². The molecular formula is C15H22N2O2S. The molecule has 0 bridgehead atoms. The normalized spacial score (nSPS) is 17.6. The van der Waals surface area contributed by atoms with Crippen LogP contribution in [0.4, 0.5) is 0 Å². The van der Waals surface area contributed by atoms with Gasteiger partial charge in [-0.15, -0.1) is 11.3 Å². The first-order chi connectivity index (χ1) is 9.56. The zero-order chi connectivity index (χ0) is 14.5. The average molecular weight is 294 g/mol. The lowest BCUT2D eigenvalue weighted by Gasteiger charge is -2.25. The summed E-state index contributed by atoms with van der Waals surface area (Å²) in [5, 5.41) is 2.79. The first-order valence-corrected chi connectivity index (χ1v) is 8.04. The summed E-state index contributed by atoms with van der Waals surface area (Å²) in [5.41, 5.74) is 5.44. The highest BCUT2D eigenvalue weighted by Crippen LogP contribution is 2.27. The number of rotatable bonds is 5. The molecule has 0 aliphatic heterocycles. The van der Waals surface area contributed by atoms with Crippen molar-refractivity contribution < 1.29 is 9.59 Å². The third kappa shape index (κ3) is 4.07. The molecule has 20 heavy (non-hydrogen) atoms. The highest BCUT2D eigenvalue weighted by Gasteiger charge is 2.24. The number of carbonyl (C=O) groups excluding carboxylic acids is 2. The minimum Gasteiger partial charge on any atom is -0.368 e. The van der Waals surface area contributed by atoms with Gasteiger partial charge in [0.05, 0.1) is 4.88 Å². The Kier molecular flexibility index (Phi) is 5.17. The van der Waals surface area contributed by atoms with Crippen LogP contribution in [0, 0.1) is 12.8 Å². The molecule has 2 rings (SSSR count). The highest BCUT2D eigenvalue weighted by molar-refractivity contribution is 7.13. The number of primary amides is 1. The van der Waals surface area contributed by atoms with E-state index in [1.165, 1.54) is 30.6 Å². The monoisotopic (exact) mass is 294 g/mol. The molecule has 5 heteroatoms. The Morgan fingerprint density at radius 1 is 1.35 bits per heavy atom. The molecule has 0 radical (unpaired) electrons. The van der Waals surface area contributed by atoms with Gasteiger partial charge >= 0.3 is 0 Å². The summed E-state index contributed by atoms with van der Waals surface area (Å²) in [6.45, 7) is 1.95. The summed E-state index contributed by atoms with van der Waals surface area (Å²) in [6.07, 6.45) is 6.65. The lowest BCUT2D eigenvalue weighted by Crippen LogP contribution is -2.45. The van der Waals surface area contributed by atoms with Gasteiger partial charge in [-0.25, -0.2) is 0 Å². The molecule has 1 atom stereocenters. The number of aryl methyl sites for hydroxylation is 1. The van der Waals surface area contributed by atoms with Crippen LogP contribution in [-0.4, -0.2) is 17.9 Å². The SMILES string of the molecule is Cc1ccc(C(=O)N[C@@H](CC2CCCCC2)C(N)=O)s1. The van der Waals surface area contributed by atoms with E-state index in [0.29, 0.717) is 17.2 Å². The van der Waals surface area contributed by atoms with Crippen LogP contribution in [0.5, 0.6) is 0 Å².